The number of piperidine rings is 1. The van der Waals surface area contributed by atoms with E-state index in [-0.39, 0.29) is 29.7 Å². The molecular formula is C22H28FN5O2. The zero-order valence-electron chi connectivity index (χ0n) is 17.1. The number of benzene rings is 1. The zero-order chi connectivity index (χ0) is 21.2. The molecule has 1 N–H and O–H groups in total. The summed E-state index contributed by atoms with van der Waals surface area (Å²) < 4.78 is 13.0. The van der Waals surface area contributed by atoms with Crippen LogP contribution in [0.25, 0.3) is 0 Å². The van der Waals surface area contributed by atoms with E-state index < -0.39 is 0 Å². The topological polar surface area (TPSA) is 78.4 Å². The Labute approximate surface area is 176 Å². The van der Waals surface area contributed by atoms with Crippen molar-refractivity contribution in [3.8, 4) is 0 Å². The summed E-state index contributed by atoms with van der Waals surface area (Å²) in [7, 11) is 0. The normalized spacial score (nSPS) is 14.3. The highest BCUT2D eigenvalue weighted by atomic mass is 19.1. The Balaban J connectivity index is 1.53. The van der Waals surface area contributed by atoms with Crippen LogP contribution >= 0.6 is 0 Å². The predicted octanol–water partition coefficient (Wildman–Crippen LogP) is 2.25. The van der Waals surface area contributed by atoms with E-state index >= 15 is 0 Å². The monoisotopic (exact) mass is 413 g/mol. The summed E-state index contributed by atoms with van der Waals surface area (Å²) in [5.41, 5.74) is 1.10. The maximum absolute atomic E-state index is 13.0. The van der Waals surface area contributed by atoms with Crippen molar-refractivity contribution in [2.75, 3.05) is 32.7 Å². The molecule has 1 saturated heterocycles. The smallest absolute Gasteiger partial charge is 0.274 e. The second-order valence-corrected chi connectivity index (χ2v) is 7.44. The predicted molar refractivity (Wildman–Crippen MR) is 111 cm³/mol. The number of hydrogen-bond acceptors (Lipinski definition) is 5. The third kappa shape index (κ3) is 6.88. The molecule has 7 nitrogen and oxygen atoms in total. The first-order valence-electron chi connectivity index (χ1n) is 10.4. The summed E-state index contributed by atoms with van der Waals surface area (Å²) in [5, 5.41) is 2.82. The average Bonchev–Trinajstić information content (AvgIpc) is 2.79. The Morgan fingerprint density at radius 2 is 1.83 bits per heavy atom. The third-order valence-electron chi connectivity index (χ3n) is 5.22. The van der Waals surface area contributed by atoms with E-state index in [4.69, 9.17) is 0 Å². The lowest BCUT2D eigenvalue weighted by molar-refractivity contribution is -0.121. The van der Waals surface area contributed by atoms with Crippen LogP contribution in [0.2, 0.25) is 0 Å². The van der Waals surface area contributed by atoms with Crippen molar-refractivity contribution >= 4 is 11.8 Å². The Morgan fingerprint density at radius 3 is 2.53 bits per heavy atom. The lowest BCUT2D eigenvalue weighted by Gasteiger charge is -2.30. The van der Waals surface area contributed by atoms with Crippen molar-refractivity contribution < 1.29 is 14.0 Å². The summed E-state index contributed by atoms with van der Waals surface area (Å²) in [6.07, 6.45) is 8.28. The number of rotatable bonds is 9. The quantitative estimate of drug-likeness (QED) is 0.682. The van der Waals surface area contributed by atoms with Crippen molar-refractivity contribution in [1.82, 2.24) is 25.1 Å². The Hall–Kier alpha value is -2.87. The molecule has 1 aromatic heterocycles. The molecule has 0 spiro atoms. The molecule has 0 atom stereocenters. The summed E-state index contributed by atoms with van der Waals surface area (Å²) in [6, 6.07) is 6.00. The van der Waals surface area contributed by atoms with Gasteiger partial charge in [-0.1, -0.05) is 18.6 Å². The number of likely N-dealkylation sites (tertiary alicyclic amines) is 1. The molecule has 3 rings (SSSR count). The van der Waals surface area contributed by atoms with E-state index in [9.17, 15) is 14.0 Å². The molecule has 0 radical (unpaired) electrons. The van der Waals surface area contributed by atoms with Gasteiger partial charge < -0.3 is 15.1 Å². The second-order valence-electron chi connectivity index (χ2n) is 7.44. The molecular weight excluding hydrogens is 385 g/mol. The van der Waals surface area contributed by atoms with Crippen LogP contribution in [-0.2, 0) is 11.3 Å². The summed E-state index contributed by atoms with van der Waals surface area (Å²) in [5.74, 6) is -0.683. The molecule has 0 saturated carbocycles. The van der Waals surface area contributed by atoms with Crippen molar-refractivity contribution in [3.05, 3.63) is 59.9 Å². The van der Waals surface area contributed by atoms with Crippen LogP contribution in [0.15, 0.2) is 42.9 Å². The van der Waals surface area contributed by atoms with Crippen LogP contribution in [0.4, 0.5) is 4.39 Å². The van der Waals surface area contributed by atoms with Crippen LogP contribution in [0.5, 0.6) is 0 Å². The van der Waals surface area contributed by atoms with E-state index in [1.54, 1.807) is 17.0 Å². The minimum absolute atomic E-state index is 0.158. The van der Waals surface area contributed by atoms with Crippen molar-refractivity contribution in [1.29, 1.82) is 0 Å². The first kappa shape index (κ1) is 21.8. The summed E-state index contributed by atoms with van der Waals surface area (Å²) >= 11 is 0. The van der Waals surface area contributed by atoms with Crippen LogP contribution in [-0.4, -0.2) is 64.3 Å². The van der Waals surface area contributed by atoms with Gasteiger partial charge in [-0.15, -0.1) is 0 Å². The van der Waals surface area contributed by atoms with Gasteiger partial charge in [0, 0.05) is 45.0 Å². The van der Waals surface area contributed by atoms with Gasteiger partial charge in [0.05, 0.1) is 6.20 Å². The molecule has 1 fully saturated rings. The number of hydrogen-bond donors (Lipinski definition) is 1. The van der Waals surface area contributed by atoms with Crippen LogP contribution in [0, 0.1) is 5.82 Å². The number of nitrogens with one attached hydrogen (secondary N) is 1. The molecule has 1 aliphatic heterocycles. The number of amides is 2. The lowest BCUT2D eigenvalue weighted by atomic mass is 10.1. The lowest BCUT2D eigenvalue weighted by Crippen LogP contribution is -2.42. The minimum atomic E-state index is -0.308. The minimum Gasteiger partial charge on any atom is -0.352 e. The number of nitrogens with zero attached hydrogens (tertiary/aromatic N) is 4. The fourth-order valence-electron chi connectivity index (χ4n) is 3.46. The highest BCUT2D eigenvalue weighted by molar-refractivity contribution is 5.92. The molecule has 0 unspecified atom stereocenters. The van der Waals surface area contributed by atoms with Crippen molar-refractivity contribution in [2.24, 2.45) is 0 Å². The van der Waals surface area contributed by atoms with Gasteiger partial charge in [0.15, 0.2) is 0 Å². The highest BCUT2D eigenvalue weighted by Crippen LogP contribution is 2.09. The SMILES string of the molecule is O=C(CCN(CCN1CCCCC1)C(=O)c1cnccn1)NCc1ccc(F)cc1. The molecule has 0 aliphatic carbocycles. The molecule has 30 heavy (non-hydrogen) atoms. The van der Waals surface area contributed by atoms with Gasteiger partial charge in [-0.3, -0.25) is 14.6 Å². The van der Waals surface area contributed by atoms with Crippen molar-refractivity contribution in [3.63, 3.8) is 0 Å². The highest BCUT2D eigenvalue weighted by Gasteiger charge is 2.20. The van der Waals surface area contributed by atoms with Gasteiger partial charge >= 0.3 is 0 Å². The van der Waals surface area contributed by atoms with Crippen LogP contribution in [0.1, 0.15) is 41.7 Å². The summed E-state index contributed by atoms with van der Waals surface area (Å²) in [4.78, 5) is 37.3. The number of carbonyl (C=O) groups excluding carboxylic acids is 2. The zero-order valence-corrected chi connectivity index (χ0v) is 17.1. The fraction of sp³-hybridized carbons (Fsp3) is 0.455. The van der Waals surface area contributed by atoms with Gasteiger partial charge in [0.1, 0.15) is 11.5 Å². The Bertz CT molecular complexity index is 810. The van der Waals surface area contributed by atoms with E-state index in [2.05, 4.69) is 20.2 Å². The number of aromatic nitrogens is 2. The van der Waals surface area contributed by atoms with Gasteiger partial charge in [0.2, 0.25) is 5.91 Å². The maximum Gasteiger partial charge on any atom is 0.274 e. The number of halogens is 1. The first-order valence-corrected chi connectivity index (χ1v) is 10.4. The van der Waals surface area contributed by atoms with E-state index in [1.165, 1.54) is 50.0 Å². The molecule has 1 aromatic carbocycles. The van der Waals surface area contributed by atoms with Crippen LogP contribution < -0.4 is 5.32 Å². The van der Waals surface area contributed by atoms with Gasteiger partial charge in [0.25, 0.3) is 5.91 Å². The fourth-order valence-corrected chi connectivity index (χ4v) is 3.46. The first-order chi connectivity index (χ1) is 14.6. The second kappa shape index (κ2) is 11.3. The summed E-state index contributed by atoms with van der Waals surface area (Å²) in [6.45, 7) is 4.05. The van der Waals surface area contributed by atoms with E-state index in [0.717, 1.165) is 25.2 Å². The molecule has 0 bridgehead atoms. The Kier molecular flexibility index (Phi) is 8.26. The van der Waals surface area contributed by atoms with Gasteiger partial charge in [-0.05, 0) is 43.6 Å². The largest absolute Gasteiger partial charge is 0.352 e. The van der Waals surface area contributed by atoms with Gasteiger partial charge in [-0.25, -0.2) is 9.37 Å². The average molecular weight is 413 g/mol. The van der Waals surface area contributed by atoms with Crippen molar-refractivity contribution in [2.45, 2.75) is 32.2 Å². The maximum atomic E-state index is 13.0. The van der Waals surface area contributed by atoms with E-state index in [0.29, 0.717) is 19.6 Å². The molecule has 160 valence electrons. The van der Waals surface area contributed by atoms with Gasteiger partial charge in [-0.2, -0.15) is 0 Å². The molecule has 2 aromatic rings. The van der Waals surface area contributed by atoms with Crippen LogP contribution in [0.3, 0.4) is 0 Å². The third-order valence-corrected chi connectivity index (χ3v) is 5.22. The standard InChI is InChI=1S/C22H28FN5O2/c23-19-6-4-18(5-7-19)16-26-21(29)8-13-28(15-14-27-11-2-1-3-12-27)22(30)20-17-24-9-10-25-20/h4-7,9-10,17H,1-3,8,11-16H2,(H,26,29). The van der Waals surface area contributed by atoms with E-state index in [1.807, 2.05) is 0 Å². The molecule has 2 amide bonds. The number of carbonyl (C=O) groups is 2. The Morgan fingerprint density at radius 1 is 1.07 bits per heavy atom. The molecule has 2 heterocycles. The molecule has 8 heteroatoms. The molecule has 1 aliphatic rings.